The molecule has 32 heavy (non-hydrogen) atoms. The van der Waals surface area contributed by atoms with Crippen molar-refractivity contribution in [3.8, 4) is 0 Å². The standard InChI is InChI=1S/C24H40FN5O.HI/c1-3-26-24(27-18-20-8-12-29(13-9-20)16-17-31-2)28-23-10-14-30(15-11-23)19-21-4-6-22(25)7-5-21;/h4-7,20,23H,3,8-19H2,1-2H3,(H2,26,27,28);1H. The average molecular weight is 562 g/mol. The molecule has 0 aliphatic carbocycles. The number of methoxy groups -OCH3 is 1. The first-order valence-corrected chi connectivity index (χ1v) is 11.9. The molecule has 0 spiro atoms. The molecule has 0 radical (unpaired) electrons. The topological polar surface area (TPSA) is 52.1 Å². The van der Waals surface area contributed by atoms with Crippen LogP contribution in [0.1, 0.15) is 38.2 Å². The molecule has 0 saturated carbocycles. The number of ether oxygens (including phenoxy) is 1. The lowest BCUT2D eigenvalue weighted by molar-refractivity contribution is 0.121. The molecule has 2 saturated heterocycles. The summed E-state index contributed by atoms with van der Waals surface area (Å²) in [6.07, 6.45) is 4.63. The van der Waals surface area contributed by atoms with Crippen LogP contribution in [-0.2, 0) is 11.3 Å². The fourth-order valence-corrected chi connectivity index (χ4v) is 4.43. The number of likely N-dealkylation sites (tertiary alicyclic amines) is 2. The molecule has 182 valence electrons. The van der Waals surface area contributed by atoms with Crippen molar-refractivity contribution in [2.45, 2.75) is 45.2 Å². The highest BCUT2D eigenvalue weighted by Gasteiger charge is 2.21. The first-order chi connectivity index (χ1) is 15.2. The monoisotopic (exact) mass is 561 g/mol. The first-order valence-electron chi connectivity index (χ1n) is 11.9. The molecular weight excluding hydrogens is 520 g/mol. The van der Waals surface area contributed by atoms with E-state index in [0.29, 0.717) is 12.0 Å². The maximum Gasteiger partial charge on any atom is 0.191 e. The van der Waals surface area contributed by atoms with Gasteiger partial charge in [-0.2, -0.15) is 0 Å². The lowest BCUT2D eigenvalue weighted by atomic mass is 9.97. The van der Waals surface area contributed by atoms with Crippen molar-refractivity contribution < 1.29 is 9.13 Å². The summed E-state index contributed by atoms with van der Waals surface area (Å²) in [5.74, 6) is 1.46. The van der Waals surface area contributed by atoms with E-state index in [1.807, 2.05) is 12.1 Å². The fourth-order valence-electron chi connectivity index (χ4n) is 4.43. The Morgan fingerprint density at radius 2 is 1.72 bits per heavy atom. The SMILES string of the molecule is CCNC(=NCC1CCN(CCOC)CC1)NC1CCN(Cc2ccc(F)cc2)CC1.I. The number of hydrogen-bond acceptors (Lipinski definition) is 4. The zero-order chi connectivity index (χ0) is 21.9. The van der Waals surface area contributed by atoms with E-state index in [-0.39, 0.29) is 29.8 Å². The van der Waals surface area contributed by atoms with Gasteiger partial charge in [0.2, 0.25) is 0 Å². The summed E-state index contributed by atoms with van der Waals surface area (Å²) in [5.41, 5.74) is 1.18. The molecule has 0 amide bonds. The number of piperidine rings is 2. The van der Waals surface area contributed by atoms with Crippen LogP contribution in [-0.4, -0.2) is 81.3 Å². The van der Waals surface area contributed by atoms with Gasteiger partial charge in [-0.05, 0) is 69.3 Å². The van der Waals surface area contributed by atoms with Gasteiger partial charge in [-0.25, -0.2) is 4.39 Å². The molecule has 2 aliphatic heterocycles. The summed E-state index contributed by atoms with van der Waals surface area (Å²) in [6.45, 7) is 11.1. The zero-order valence-electron chi connectivity index (χ0n) is 19.7. The molecular formula is C24H41FIN5O. The van der Waals surface area contributed by atoms with Crippen molar-refractivity contribution >= 4 is 29.9 Å². The molecule has 1 aromatic rings. The van der Waals surface area contributed by atoms with Crippen LogP contribution in [0.3, 0.4) is 0 Å². The highest BCUT2D eigenvalue weighted by molar-refractivity contribution is 14.0. The smallest absolute Gasteiger partial charge is 0.191 e. The van der Waals surface area contributed by atoms with Crippen molar-refractivity contribution in [1.29, 1.82) is 0 Å². The molecule has 3 rings (SSSR count). The zero-order valence-corrected chi connectivity index (χ0v) is 22.0. The van der Waals surface area contributed by atoms with E-state index in [4.69, 9.17) is 9.73 Å². The largest absolute Gasteiger partial charge is 0.383 e. The quantitative estimate of drug-likeness (QED) is 0.276. The molecule has 2 aliphatic rings. The van der Waals surface area contributed by atoms with Crippen LogP contribution in [0.25, 0.3) is 0 Å². The average Bonchev–Trinajstić information content (AvgIpc) is 2.80. The summed E-state index contributed by atoms with van der Waals surface area (Å²) in [4.78, 5) is 9.86. The Balaban J connectivity index is 0.00000363. The maximum absolute atomic E-state index is 13.1. The van der Waals surface area contributed by atoms with Crippen molar-refractivity contribution in [2.75, 3.05) is 59.5 Å². The Hall–Kier alpha value is -0.970. The number of rotatable bonds is 9. The van der Waals surface area contributed by atoms with Crippen molar-refractivity contribution in [3.63, 3.8) is 0 Å². The highest BCUT2D eigenvalue weighted by Crippen LogP contribution is 2.18. The van der Waals surface area contributed by atoms with E-state index in [1.165, 1.54) is 18.4 Å². The van der Waals surface area contributed by atoms with E-state index in [2.05, 4.69) is 27.4 Å². The van der Waals surface area contributed by atoms with Crippen molar-refractivity contribution in [3.05, 3.63) is 35.6 Å². The van der Waals surface area contributed by atoms with E-state index in [9.17, 15) is 4.39 Å². The minimum atomic E-state index is -0.168. The van der Waals surface area contributed by atoms with Crippen LogP contribution >= 0.6 is 24.0 Å². The van der Waals surface area contributed by atoms with Crippen LogP contribution in [0, 0.1) is 11.7 Å². The molecule has 2 heterocycles. The summed E-state index contributed by atoms with van der Waals surface area (Å²) >= 11 is 0. The van der Waals surface area contributed by atoms with Gasteiger partial charge < -0.3 is 20.3 Å². The molecule has 2 fully saturated rings. The first kappa shape index (κ1) is 27.3. The number of aliphatic imine (C=N–C) groups is 1. The third-order valence-electron chi connectivity index (χ3n) is 6.42. The Labute approximate surface area is 210 Å². The second-order valence-electron chi connectivity index (χ2n) is 8.82. The van der Waals surface area contributed by atoms with E-state index < -0.39 is 0 Å². The summed E-state index contributed by atoms with van der Waals surface area (Å²) in [7, 11) is 1.77. The van der Waals surface area contributed by atoms with Crippen molar-refractivity contribution in [2.24, 2.45) is 10.9 Å². The van der Waals surface area contributed by atoms with Gasteiger partial charge in [0.1, 0.15) is 5.82 Å². The second-order valence-corrected chi connectivity index (χ2v) is 8.82. The van der Waals surface area contributed by atoms with Crippen molar-refractivity contribution in [1.82, 2.24) is 20.4 Å². The van der Waals surface area contributed by atoms with Gasteiger partial charge >= 0.3 is 0 Å². The summed E-state index contributed by atoms with van der Waals surface area (Å²) in [6, 6.07) is 7.33. The van der Waals surface area contributed by atoms with Crippen LogP contribution < -0.4 is 10.6 Å². The van der Waals surface area contributed by atoms with Gasteiger partial charge in [-0.1, -0.05) is 12.1 Å². The lowest BCUT2D eigenvalue weighted by Gasteiger charge is -2.33. The van der Waals surface area contributed by atoms with Crippen LogP contribution in [0.2, 0.25) is 0 Å². The molecule has 0 atom stereocenters. The van der Waals surface area contributed by atoms with Gasteiger partial charge in [0.25, 0.3) is 0 Å². The Morgan fingerprint density at radius 3 is 2.34 bits per heavy atom. The number of nitrogens with one attached hydrogen (secondary N) is 2. The number of nitrogens with zero attached hydrogens (tertiary/aromatic N) is 3. The molecule has 0 bridgehead atoms. The number of guanidine groups is 1. The van der Waals surface area contributed by atoms with Crippen LogP contribution in [0.4, 0.5) is 4.39 Å². The fraction of sp³-hybridized carbons (Fsp3) is 0.708. The highest BCUT2D eigenvalue weighted by atomic mass is 127. The molecule has 1 aromatic carbocycles. The molecule has 0 aromatic heterocycles. The second kappa shape index (κ2) is 15.0. The van der Waals surface area contributed by atoms with Gasteiger partial charge in [0.15, 0.2) is 5.96 Å². The molecule has 2 N–H and O–H groups in total. The summed E-state index contributed by atoms with van der Waals surface area (Å²) < 4.78 is 18.3. The minimum Gasteiger partial charge on any atom is -0.383 e. The van der Waals surface area contributed by atoms with Gasteiger partial charge in [0, 0.05) is 52.4 Å². The van der Waals surface area contributed by atoms with E-state index >= 15 is 0 Å². The predicted octanol–water partition coefficient (Wildman–Crippen LogP) is 3.32. The normalized spacial score (nSPS) is 19.5. The molecule has 6 nitrogen and oxygen atoms in total. The Morgan fingerprint density at radius 1 is 1.06 bits per heavy atom. The maximum atomic E-state index is 13.1. The third-order valence-corrected chi connectivity index (χ3v) is 6.42. The minimum absolute atomic E-state index is 0. The number of halogens is 2. The van der Waals surface area contributed by atoms with E-state index in [0.717, 1.165) is 77.8 Å². The number of benzene rings is 1. The van der Waals surface area contributed by atoms with Crippen LogP contribution in [0.5, 0.6) is 0 Å². The van der Waals surface area contributed by atoms with Gasteiger partial charge in [-0.15, -0.1) is 24.0 Å². The molecule has 8 heteroatoms. The predicted molar refractivity (Wildman–Crippen MR) is 140 cm³/mol. The lowest BCUT2D eigenvalue weighted by Crippen LogP contribution is -2.48. The van der Waals surface area contributed by atoms with Gasteiger partial charge in [-0.3, -0.25) is 9.89 Å². The Bertz CT molecular complexity index is 659. The summed E-state index contributed by atoms with van der Waals surface area (Å²) in [5, 5.41) is 7.09. The Kier molecular flexibility index (Phi) is 12.8. The van der Waals surface area contributed by atoms with Gasteiger partial charge in [0.05, 0.1) is 6.61 Å². The van der Waals surface area contributed by atoms with E-state index in [1.54, 1.807) is 19.2 Å². The third kappa shape index (κ3) is 9.49. The number of hydrogen-bond donors (Lipinski definition) is 2. The molecule has 0 unspecified atom stereocenters. The van der Waals surface area contributed by atoms with Crippen LogP contribution in [0.15, 0.2) is 29.3 Å².